The predicted octanol–water partition coefficient (Wildman–Crippen LogP) is 3.90. The molecule has 8 nitrogen and oxygen atoms in total. The van der Waals surface area contributed by atoms with Crippen LogP contribution in [-0.4, -0.2) is 37.9 Å². The zero-order valence-electron chi connectivity index (χ0n) is 16.9. The Hall–Kier alpha value is -3.17. The van der Waals surface area contributed by atoms with E-state index in [0.717, 1.165) is 11.8 Å². The van der Waals surface area contributed by atoms with Crippen molar-refractivity contribution < 1.29 is 28.5 Å². The van der Waals surface area contributed by atoms with Crippen molar-refractivity contribution in [3.05, 3.63) is 51.4 Å². The largest absolute Gasteiger partial charge is 0.493 e. The van der Waals surface area contributed by atoms with Gasteiger partial charge in [-0.3, -0.25) is 4.79 Å². The molecule has 1 heterocycles. The summed E-state index contributed by atoms with van der Waals surface area (Å²) < 4.78 is 21.5. The number of rotatable bonds is 7. The molecule has 2 aromatic rings. The van der Waals surface area contributed by atoms with E-state index in [1.54, 1.807) is 37.3 Å². The summed E-state index contributed by atoms with van der Waals surface area (Å²) in [6, 6.07) is 7.81. The highest BCUT2D eigenvalue weighted by atomic mass is 35.5. The molecule has 0 bridgehead atoms. The van der Waals surface area contributed by atoms with Crippen molar-refractivity contribution in [3.8, 4) is 23.0 Å². The Morgan fingerprint density at radius 2 is 1.90 bits per heavy atom. The fourth-order valence-corrected chi connectivity index (χ4v) is 3.66. The Morgan fingerprint density at radius 1 is 1.16 bits per heavy atom. The highest BCUT2D eigenvalue weighted by Gasteiger charge is 2.22. The van der Waals surface area contributed by atoms with Crippen molar-refractivity contribution in [2.45, 2.75) is 6.92 Å². The van der Waals surface area contributed by atoms with E-state index in [9.17, 15) is 9.59 Å². The topological polar surface area (TPSA) is 109 Å². The van der Waals surface area contributed by atoms with Crippen molar-refractivity contribution in [2.24, 2.45) is 10.7 Å². The average molecular weight is 463 g/mol. The van der Waals surface area contributed by atoms with E-state index < -0.39 is 11.9 Å². The minimum Gasteiger partial charge on any atom is -0.493 e. The number of amidine groups is 1. The second kappa shape index (κ2) is 9.76. The summed E-state index contributed by atoms with van der Waals surface area (Å²) in [6.45, 7) is 2.09. The number of nitrogens with zero attached hydrogens (tertiary/aromatic N) is 1. The minimum atomic E-state index is -0.655. The van der Waals surface area contributed by atoms with Gasteiger partial charge in [0.15, 0.2) is 28.2 Å². The van der Waals surface area contributed by atoms with Crippen LogP contribution in [0.25, 0.3) is 6.08 Å². The van der Waals surface area contributed by atoms with Crippen LogP contribution in [0.15, 0.2) is 40.2 Å². The van der Waals surface area contributed by atoms with Gasteiger partial charge in [-0.25, -0.2) is 4.79 Å². The summed E-state index contributed by atoms with van der Waals surface area (Å²) in [5, 5.41) is 0.309. The number of hydrogen-bond acceptors (Lipinski definition) is 8. The van der Waals surface area contributed by atoms with Gasteiger partial charge in [0.05, 0.1) is 36.3 Å². The number of esters is 1. The van der Waals surface area contributed by atoms with Crippen molar-refractivity contribution in [2.75, 3.05) is 20.8 Å². The van der Waals surface area contributed by atoms with Gasteiger partial charge < -0.3 is 24.7 Å². The van der Waals surface area contributed by atoms with Crippen LogP contribution in [0.2, 0.25) is 5.02 Å². The number of ether oxygens (including phenoxy) is 4. The van der Waals surface area contributed by atoms with Crippen LogP contribution in [0.4, 0.5) is 0 Å². The van der Waals surface area contributed by atoms with E-state index in [-0.39, 0.29) is 27.3 Å². The van der Waals surface area contributed by atoms with E-state index in [1.165, 1.54) is 20.3 Å². The highest BCUT2D eigenvalue weighted by Crippen LogP contribution is 2.39. The number of benzene rings is 2. The third-order valence-corrected chi connectivity index (χ3v) is 5.17. The first-order chi connectivity index (χ1) is 14.9. The molecule has 31 heavy (non-hydrogen) atoms. The van der Waals surface area contributed by atoms with Crippen LogP contribution in [0.3, 0.4) is 0 Å². The molecule has 0 aromatic heterocycles. The third kappa shape index (κ3) is 5.12. The molecule has 0 radical (unpaired) electrons. The lowest BCUT2D eigenvalue weighted by molar-refractivity contribution is -0.113. The van der Waals surface area contributed by atoms with Gasteiger partial charge in [-0.15, -0.1) is 0 Å². The van der Waals surface area contributed by atoms with Crippen LogP contribution >= 0.6 is 23.4 Å². The van der Waals surface area contributed by atoms with Crippen molar-refractivity contribution >= 4 is 46.5 Å². The molecule has 1 amide bonds. The summed E-state index contributed by atoms with van der Waals surface area (Å²) in [6.07, 6.45) is 1.59. The number of methoxy groups -OCH3 is 2. The smallest absolute Gasteiger partial charge is 0.343 e. The Kier molecular flexibility index (Phi) is 7.09. The molecule has 0 saturated carbocycles. The summed E-state index contributed by atoms with van der Waals surface area (Å²) in [4.78, 5) is 28.6. The monoisotopic (exact) mass is 462 g/mol. The lowest BCUT2D eigenvalue weighted by Crippen LogP contribution is -2.10. The summed E-state index contributed by atoms with van der Waals surface area (Å²) in [5.41, 5.74) is 6.38. The fourth-order valence-electron chi connectivity index (χ4n) is 2.72. The second-order valence-electron chi connectivity index (χ2n) is 6.09. The van der Waals surface area contributed by atoms with Gasteiger partial charge in [0, 0.05) is 0 Å². The number of carbonyl (C=O) groups is 2. The van der Waals surface area contributed by atoms with Crippen molar-refractivity contribution in [3.63, 3.8) is 0 Å². The number of aliphatic imine (C=N–C) groups is 1. The molecule has 0 atom stereocenters. The normalized spacial score (nSPS) is 14.4. The molecule has 3 rings (SSSR count). The first-order valence-electron chi connectivity index (χ1n) is 9.04. The molecule has 2 N–H and O–H groups in total. The minimum absolute atomic E-state index is 0.0617. The Balaban J connectivity index is 1.91. The molecule has 0 saturated heterocycles. The molecular weight excluding hydrogens is 444 g/mol. The maximum absolute atomic E-state index is 12.7. The number of thioether (sulfide) groups is 1. The zero-order valence-corrected chi connectivity index (χ0v) is 18.5. The van der Waals surface area contributed by atoms with Crippen molar-refractivity contribution in [1.29, 1.82) is 0 Å². The van der Waals surface area contributed by atoms with Gasteiger partial charge in [0.1, 0.15) is 0 Å². The van der Waals surface area contributed by atoms with Gasteiger partial charge in [0.25, 0.3) is 5.91 Å². The number of halogens is 1. The van der Waals surface area contributed by atoms with Gasteiger partial charge in [-0.2, -0.15) is 4.99 Å². The van der Waals surface area contributed by atoms with Gasteiger partial charge in [-0.1, -0.05) is 11.6 Å². The molecule has 10 heteroatoms. The standard InChI is InChI=1S/C21H19ClN2O6S/c1-4-29-16-8-11(9-17-19(25)24-21(23)31-17)7-13(22)18(16)30-20(26)12-5-6-14(27-2)15(10-12)28-3/h5-10H,4H2,1-3H3,(H2,23,24,25)/b17-9-. The number of nitrogens with two attached hydrogens (primary N) is 1. The highest BCUT2D eigenvalue weighted by molar-refractivity contribution is 8.18. The van der Waals surface area contributed by atoms with Crippen LogP contribution in [0.1, 0.15) is 22.8 Å². The molecule has 2 aromatic carbocycles. The number of amides is 1. The summed E-state index contributed by atoms with van der Waals surface area (Å²) in [7, 11) is 2.97. The van der Waals surface area contributed by atoms with E-state index in [0.29, 0.717) is 28.6 Å². The number of carbonyl (C=O) groups excluding carboxylic acids is 2. The maximum Gasteiger partial charge on any atom is 0.343 e. The fraction of sp³-hybridized carbons (Fsp3) is 0.190. The lowest BCUT2D eigenvalue weighted by Gasteiger charge is -2.14. The first kappa shape index (κ1) is 22.5. The predicted molar refractivity (Wildman–Crippen MR) is 119 cm³/mol. The van der Waals surface area contributed by atoms with E-state index in [4.69, 9.17) is 36.3 Å². The van der Waals surface area contributed by atoms with Gasteiger partial charge in [-0.05, 0) is 60.7 Å². The molecular formula is C21H19ClN2O6S. The zero-order chi connectivity index (χ0) is 22.5. The third-order valence-electron chi connectivity index (χ3n) is 4.08. The Labute approximate surface area is 188 Å². The van der Waals surface area contributed by atoms with Crippen LogP contribution in [-0.2, 0) is 4.79 Å². The molecule has 0 aliphatic carbocycles. The average Bonchev–Trinajstić information content (AvgIpc) is 3.06. The molecule has 162 valence electrons. The Bertz CT molecular complexity index is 1100. The van der Waals surface area contributed by atoms with E-state index in [1.807, 2.05) is 0 Å². The summed E-state index contributed by atoms with van der Waals surface area (Å²) in [5.74, 6) is 0.0912. The van der Waals surface area contributed by atoms with Crippen LogP contribution in [0.5, 0.6) is 23.0 Å². The Morgan fingerprint density at radius 3 is 2.52 bits per heavy atom. The quantitative estimate of drug-likeness (QED) is 0.374. The van der Waals surface area contributed by atoms with Crippen LogP contribution in [0, 0.1) is 0 Å². The maximum atomic E-state index is 12.7. The molecule has 0 spiro atoms. The first-order valence-corrected chi connectivity index (χ1v) is 10.2. The SMILES string of the molecule is CCOc1cc(/C=C2\SC(N)=NC2=O)cc(Cl)c1OC(=O)c1ccc(OC)c(OC)c1. The molecule has 0 fully saturated rings. The van der Waals surface area contributed by atoms with Gasteiger partial charge in [0.2, 0.25) is 0 Å². The second-order valence-corrected chi connectivity index (χ2v) is 7.56. The van der Waals surface area contributed by atoms with Crippen LogP contribution < -0.4 is 24.7 Å². The van der Waals surface area contributed by atoms with Crippen molar-refractivity contribution in [1.82, 2.24) is 0 Å². The number of hydrogen-bond donors (Lipinski definition) is 1. The molecule has 0 unspecified atom stereocenters. The molecule has 1 aliphatic rings. The van der Waals surface area contributed by atoms with E-state index >= 15 is 0 Å². The van der Waals surface area contributed by atoms with Gasteiger partial charge >= 0.3 is 5.97 Å². The lowest BCUT2D eigenvalue weighted by atomic mass is 10.1. The summed E-state index contributed by atoms with van der Waals surface area (Å²) >= 11 is 7.44. The van der Waals surface area contributed by atoms with E-state index in [2.05, 4.69) is 4.99 Å². The molecule has 1 aliphatic heterocycles.